The molecule has 0 aromatic heterocycles. The average molecular weight is 508 g/mol. The summed E-state index contributed by atoms with van der Waals surface area (Å²) in [7, 11) is 1.44. The second-order valence-electron chi connectivity index (χ2n) is 8.02. The summed E-state index contributed by atoms with van der Waals surface area (Å²) >= 11 is 0. The van der Waals surface area contributed by atoms with Gasteiger partial charge in [0, 0.05) is 43.7 Å². The molecular weight excluding hydrogens is 471 g/mol. The fraction of sp³-hybridized carbons (Fsp3) is 0.900. The number of carbonyl (C=O) groups excluding carboxylic acids is 1. The highest BCUT2D eigenvalue weighted by atomic mass is 127. The summed E-state index contributed by atoms with van der Waals surface area (Å²) in [5.74, 6) is 0.917. The van der Waals surface area contributed by atoms with Crippen LogP contribution in [0.2, 0.25) is 0 Å². The van der Waals surface area contributed by atoms with Crippen molar-refractivity contribution >= 4 is 36.0 Å². The standard InChI is InChI=1S/C20H36N4O3.HI/c1-4-21-18(22-15-8-12-24(13-9-15)19(25)26-3)23-16-14-17(27-5-2)20(16)10-6-7-11-20;/h15-17H,4-14H2,1-3H3,(H2,21,22,23);1H. The molecule has 8 heteroatoms. The monoisotopic (exact) mass is 508 g/mol. The summed E-state index contributed by atoms with van der Waals surface area (Å²) in [6.07, 6.45) is 8.19. The third-order valence-corrected chi connectivity index (χ3v) is 6.58. The zero-order valence-electron chi connectivity index (χ0n) is 17.5. The number of likely N-dealkylation sites (tertiary alicyclic amines) is 1. The van der Waals surface area contributed by atoms with Gasteiger partial charge in [-0.3, -0.25) is 4.99 Å². The van der Waals surface area contributed by atoms with E-state index in [1.54, 1.807) is 4.90 Å². The third kappa shape index (κ3) is 5.04. The molecule has 0 bridgehead atoms. The van der Waals surface area contributed by atoms with Gasteiger partial charge in [0.05, 0.1) is 13.2 Å². The Labute approximate surface area is 186 Å². The maximum Gasteiger partial charge on any atom is 0.409 e. The van der Waals surface area contributed by atoms with Crippen LogP contribution in [0.15, 0.2) is 4.99 Å². The van der Waals surface area contributed by atoms with E-state index in [1.807, 2.05) is 0 Å². The van der Waals surface area contributed by atoms with E-state index in [0.29, 0.717) is 23.6 Å². The molecule has 2 N–H and O–H groups in total. The smallest absolute Gasteiger partial charge is 0.409 e. The van der Waals surface area contributed by atoms with Gasteiger partial charge in [0.2, 0.25) is 0 Å². The Morgan fingerprint density at radius 1 is 1.18 bits per heavy atom. The maximum atomic E-state index is 11.7. The normalized spacial score (nSPS) is 27.1. The number of halogens is 1. The lowest BCUT2D eigenvalue weighted by Gasteiger charge is -2.54. The number of ether oxygens (including phenoxy) is 2. The second-order valence-corrected chi connectivity index (χ2v) is 8.02. The summed E-state index contributed by atoms with van der Waals surface area (Å²) in [6, 6.07) is 0.788. The zero-order valence-corrected chi connectivity index (χ0v) is 19.9. The summed E-state index contributed by atoms with van der Waals surface area (Å²) < 4.78 is 10.9. The second kappa shape index (κ2) is 10.8. The van der Waals surface area contributed by atoms with Crippen molar-refractivity contribution in [1.82, 2.24) is 15.5 Å². The molecule has 28 heavy (non-hydrogen) atoms. The van der Waals surface area contributed by atoms with E-state index in [9.17, 15) is 4.79 Å². The Kier molecular flexibility index (Phi) is 9.11. The molecule has 1 aliphatic heterocycles. The molecule has 1 amide bonds. The molecule has 3 rings (SSSR count). The first kappa shape index (κ1) is 23.5. The SMILES string of the molecule is CCN=C(NC1CCN(C(=O)OC)CC1)NC1CC(OCC)C12CCCC2.I. The summed E-state index contributed by atoms with van der Waals surface area (Å²) in [5.41, 5.74) is 0.292. The molecule has 0 aromatic rings. The van der Waals surface area contributed by atoms with Gasteiger partial charge in [-0.15, -0.1) is 24.0 Å². The fourth-order valence-corrected chi connectivity index (χ4v) is 5.07. The minimum absolute atomic E-state index is 0. The van der Waals surface area contributed by atoms with Crippen molar-refractivity contribution in [3.05, 3.63) is 0 Å². The molecule has 3 aliphatic rings. The minimum atomic E-state index is -0.228. The van der Waals surface area contributed by atoms with E-state index < -0.39 is 0 Å². The molecule has 1 spiro atoms. The Bertz CT molecular complexity index is 532. The number of hydrogen-bond donors (Lipinski definition) is 2. The number of nitrogens with zero attached hydrogens (tertiary/aromatic N) is 2. The number of carbonyl (C=O) groups is 1. The molecule has 2 unspecified atom stereocenters. The summed E-state index contributed by atoms with van der Waals surface area (Å²) in [5, 5.41) is 7.33. The largest absolute Gasteiger partial charge is 0.453 e. The van der Waals surface area contributed by atoms with Gasteiger partial charge in [-0.1, -0.05) is 12.8 Å². The van der Waals surface area contributed by atoms with Crippen molar-refractivity contribution in [2.45, 2.75) is 77.0 Å². The Morgan fingerprint density at radius 3 is 2.43 bits per heavy atom. The van der Waals surface area contributed by atoms with Crippen LogP contribution in [0.25, 0.3) is 0 Å². The van der Waals surface area contributed by atoms with E-state index in [0.717, 1.165) is 51.5 Å². The predicted molar refractivity (Wildman–Crippen MR) is 121 cm³/mol. The molecule has 2 atom stereocenters. The topological polar surface area (TPSA) is 75.2 Å². The number of methoxy groups -OCH3 is 1. The van der Waals surface area contributed by atoms with Crippen LogP contribution in [0.3, 0.4) is 0 Å². The van der Waals surface area contributed by atoms with Crippen LogP contribution in [0.5, 0.6) is 0 Å². The Balaban J connectivity index is 0.00000280. The molecule has 2 saturated carbocycles. The summed E-state index contributed by atoms with van der Waals surface area (Å²) in [6.45, 7) is 7.16. The predicted octanol–water partition coefficient (Wildman–Crippen LogP) is 3.13. The van der Waals surface area contributed by atoms with Crippen LogP contribution in [-0.2, 0) is 9.47 Å². The molecule has 1 heterocycles. The number of hydrogen-bond acceptors (Lipinski definition) is 4. The number of rotatable bonds is 5. The lowest BCUT2D eigenvalue weighted by molar-refractivity contribution is -0.125. The van der Waals surface area contributed by atoms with Crippen LogP contribution in [0.1, 0.15) is 58.8 Å². The Morgan fingerprint density at radius 2 is 1.86 bits per heavy atom. The van der Waals surface area contributed by atoms with Gasteiger partial charge in [-0.05, 0) is 46.0 Å². The van der Waals surface area contributed by atoms with Crippen LogP contribution >= 0.6 is 24.0 Å². The zero-order chi connectivity index (χ0) is 19.3. The van der Waals surface area contributed by atoms with Gasteiger partial charge >= 0.3 is 6.09 Å². The number of piperidine rings is 1. The Hall–Kier alpha value is -0.770. The van der Waals surface area contributed by atoms with Crippen LogP contribution < -0.4 is 10.6 Å². The van der Waals surface area contributed by atoms with E-state index in [4.69, 9.17) is 9.47 Å². The van der Waals surface area contributed by atoms with Gasteiger partial charge in [0.1, 0.15) is 0 Å². The van der Waals surface area contributed by atoms with Crippen molar-refractivity contribution in [2.24, 2.45) is 10.4 Å². The lowest BCUT2D eigenvalue weighted by Crippen LogP contribution is -2.65. The molecule has 1 saturated heterocycles. The molecule has 0 radical (unpaired) electrons. The van der Waals surface area contributed by atoms with Gasteiger partial charge in [0.25, 0.3) is 0 Å². The molecular formula is C20H37IN4O3. The third-order valence-electron chi connectivity index (χ3n) is 6.58. The number of amides is 1. The molecule has 7 nitrogen and oxygen atoms in total. The van der Waals surface area contributed by atoms with Gasteiger partial charge in [-0.25, -0.2) is 4.79 Å². The average Bonchev–Trinajstić information content (AvgIpc) is 3.20. The van der Waals surface area contributed by atoms with Crippen molar-refractivity contribution in [3.8, 4) is 0 Å². The number of guanidine groups is 1. The number of aliphatic imine (C=N–C) groups is 1. The van der Waals surface area contributed by atoms with E-state index in [2.05, 4.69) is 29.5 Å². The van der Waals surface area contributed by atoms with E-state index in [1.165, 1.54) is 32.8 Å². The van der Waals surface area contributed by atoms with Crippen LogP contribution in [-0.4, -0.2) is 68.5 Å². The first-order chi connectivity index (χ1) is 13.1. The van der Waals surface area contributed by atoms with Gasteiger partial charge in [-0.2, -0.15) is 0 Å². The first-order valence-corrected chi connectivity index (χ1v) is 10.6. The molecule has 162 valence electrons. The van der Waals surface area contributed by atoms with E-state index >= 15 is 0 Å². The highest BCUT2D eigenvalue weighted by molar-refractivity contribution is 14.0. The van der Waals surface area contributed by atoms with E-state index in [-0.39, 0.29) is 30.1 Å². The minimum Gasteiger partial charge on any atom is -0.453 e. The quantitative estimate of drug-likeness (QED) is 0.339. The molecule has 3 fully saturated rings. The van der Waals surface area contributed by atoms with Crippen molar-refractivity contribution in [2.75, 3.05) is 33.4 Å². The van der Waals surface area contributed by atoms with Crippen LogP contribution in [0, 0.1) is 5.41 Å². The lowest BCUT2D eigenvalue weighted by atomic mass is 9.60. The summed E-state index contributed by atoms with van der Waals surface area (Å²) in [4.78, 5) is 18.1. The van der Waals surface area contributed by atoms with Crippen molar-refractivity contribution < 1.29 is 14.3 Å². The van der Waals surface area contributed by atoms with Crippen LogP contribution in [0.4, 0.5) is 4.79 Å². The first-order valence-electron chi connectivity index (χ1n) is 10.6. The maximum absolute atomic E-state index is 11.7. The number of nitrogens with one attached hydrogen (secondary N) is 2. The molecule has 0 aromatic carbocycles. The van der Waals surface area contributed by atoms with Gasteiger partial charge in [0.15, 0.2) is 5.96 Å². The highest BCUT2D eigenvalue weighted by Gasteiger charge is 2.57. The highest BCUT2D eigenvalue weighted by Crippen LogP contribution is 2.54. The van der Waals surface area contributed by atoms with Gasteiger partial charge < -0.3 is 25.0 Å². The molecule has 2 aliphatic carbocycles. The van der Waals surface area contributed by atoms with Crippen molar-refractivity contribution in [3.63, 3.8) is 0 Å². The van der Waals surface area contributed by atoms with Crippen molar-refractivity contribution in [1.29, 1.82) is 0 Å². The fourth-order valence-electron chi connectivity index (χ4n) is 5.07.